The Morgan fingerprint density at radius 2 is 2.20 bits per heavy atom. The summed E-state index contributed by atoms with van der Waals surface area (Å²) >= 11 is 0.278. The fourth-order valence-electron chi connectivity index (χ4n) is 1.12. The molecule has 1 rings (SSSR count). The molecule has 20 heavy (non-hydrogen) atoms. The summed E-state index contributed by atoms with van der Waals surface area (Å²) in [5.74, 6) is -0.375. The molecule has 0 bridgehead atoms. The third-order valence-corrected chi connectivity index (χ3v) is 4.75. The molecule has 1 heterocycles. The highest BCUT2D eigenvalue weighted by molar-refractivity contribution is 7.90. The summed E-state index contributed by atoms with van der Waals surface area (Å²) in [6.45, 7) is 7.44. The van der Waals surface area contributed by atoms with Crippen LogP contribution in [0.2, 0.25) is 0 Å². The van der Waals surface area contributed by atoms with Gasteiger partial charge < -0.3 is 15.1 Å². The summed E-state index contributed by atoms with van der Waals surface area (Å²) in [7, 11) is 0. The number of hydrogen-bond donors (Lipinski definition) is 2. The van der Waals surface area contributed by atoms with E-state index in [0.29, 0.717) is 11.4 Å². The van der Waals surface area contributed by atoms with Gasteiger partial charge in [0.05, 0.1) is 11.4 Å². The van der Waals surface area contributed by atoms with Gasteiger partial charge in [-0.25, -0.2) is 4.79 Å². The molecule has 0 radical (unpaired) electrons. The summed E-state index contributed by atoms with van der Waals surface area (Å²) < 4.78 is 14.5. The van der Waals surface area contributed by atoms with Crippen molar-refractivity contribution >= 4 is 34.5 Å². The highest BCUT2D eigenvalue weighted by atomic mass is 32.2. The smallest absolute Gasteiger partial charge is 0.332 e. The van der Waals surface area contributed by atoms with Gasteiger partial charge >= 0.3 is 5.97 Å². The number of nitrogens with zero attached hydrogens (tertiary/aromatic N) is 1. The zero-order chi connectivity index (χ0) is 15.3. The molecule has 1 aromatic rings. The monoisotopic (exact) mass is 317 g/mol. The number of hydrogen-bond acceptors (Lipinski definition) is 6. The van der Waals surface area contributed by atoms with Crippen LogP contribution >= 0.6 is 11.3 Å². The van der Waals surface area contributed by atoms with Gasteiger partial charge in [0.25, 0.3) is 0 Å². The lowest BCUT2D eigenvalue weighted by Gasteiger charge is -2.23. The Balaban J connectivity index is 2.60. The maximum Gasteiger partial charge on any atom is 0.332 e. The van der Waals surface area contributed by atoms with Gasteiger partial charge in [0.15, 0.2) is 5.84 Å². The fourth-order valence-corrected chi connectivity index (χ4v) is 2.77. The summed E-state index contributed by atoms with van der Waals surface area (Å²) in [5, 5.41) is 3.52. The molecule has 0 aliphatic rings. The highest BCUT2D eigenvalue weighted by Crippen LogP contribution is 2.18. The third-order valence-electron chi connectivity index (χ3n) is 2.12. The quantitative estimate of drug-likeness (QED) is 0.282. The molecule has 1 unspecified atom stereocenters. The topological polar surface area (TPSA) is 99.8 Å². The lowest BCUT2D eigenvalue weighted by atomic mass is 10.3. The zero-order valence-electron chi connectivity index (χ0n) is 11.9. The lowest BCUT2D eigenvalue weighted by Crippen LogP contribution is -2.38. The average Bonchev–Trinajstić information content (AvgIpc) is 2.80. The van der Waals surface area contributed by atoms with E-state index in [-0.39, 0.29) is 10.6 Å². The molecule has 1 atom stereocenters. The molecule has 8 heteroatoms. The average molecular weight is 317 g/mol. The Labute approximate surface area is 125 Å². The van der Waals surface area contributed by atoms with Crippen LogP contribution in [0.5, 0.6) is 0 Å². The molecular formula is C12H19N3O3S2. The summed E-state index contributed by atoms with van der Waals surface area (Å²) in [4.78, 5) is 16.8. The Kier molecular flexibility index (Phi) is 6.00. The maximum atomic E-state index is 11.9. The molecule has 0 fully saturated rings. The molecule has 0 aliphatic carbocycles. The molecule has 6 nitrogen and oxygen atoms in total. The largest absolute Gasteiger partial charge is 0.598 e. The first-order chi connectivity index (χ1) is 9.20. The van der Waals surface area contributed by atoms with Crippen LogP contribution in [0.25, 0.3) is 0 Å². The van der Waals surface area contributed by atoms with E-state index in [9.17, 15) is 9.35 Å². The minimum absolute atomic E-state index is 0.147. The van der Waals surface area contributed by atoms with Gasteiger partial charge in [-0.2, -0.15) is 0 Å². The molecule has 0 spiro atoms. The zero-order valence-corrected chi connectivity index (χ0v) is 13.6. The Morgan fingerprint density at radius 3 is 2.75 bits per heavy atom. The Hall–Kier alpha value is -1.09. The number of thiophene rings is 1. The number of carbonyl (C=O) groups excluding carboxylic acids is 1. The van der Waals surface area contributed by atoms with Gasteiger partial charge in [-0.15, -0.1) is 16.1 Å². The molecule has 1 aromatic heterocycles. The van der Waals surface area contributed by atoms with Crippen molar-refractivity contribution in [2.75, 3.05) is 0 Å². The van der Waals surface area contributed by atoms with Crippen LogP contribution in [-0.2, 0) is 27.5 Å². The third kappa shape index (κ3) is 5.49. The predicted octanol–water partition coefficient (Wildman–Crippen LogP) is 1.48. The van der Waals surface area contributed by atoms with Crippen molar-refractivity contribution in [3.63, 3.8) is 0 Å². The summed E-state index contributed by atoms with van der Waals surface area (Å²) in [5.41, 5.74) is 5.68. The van der Waals surface area contributed by atoms with Gasteiger partial charge in [0, 0.05) is 23.2 Å². The summed E-state index contributed by atoms with van der Waals surface area (Å²) in [6.07, 6.45) is 0. The van der Waals surface area contributed by atoms with Crippen molar-refractivity contribution in [3.05, 3.63) is 21.9 Å². The van der Waals surface area contributed by atoms with E-state index in [1.807, 2.05) is 26.8 Å². The van der Waals surface area contributed by atoms with E-state index in [1.165, 1.54) is 18.3 Å². The van der Waals surface area contributed by atoms with Crippen LogP contribution in [0.3, 0.4) is 0 Å². The van der Waals surface area contributed by atoms with Gasteiger partial charge in [0.2, 0.25) is 0 Å². The molecule has 0 saturated carbocycles. The SMILES string of the molecule is CC(=O)ON=C(N)c1ccc(CN[S+]([O-])C(C)(C)C)s1. The highest BCUT2D eigenvalue weighted by Gasteiger charge is 2.26. The first kappa shape index (κ1) is 17.0. The van der Waals surface area contributed by atoms with Crippen LogP contribution in [0, 0.1) is 0 Å². The van der Waals surface area contributed by atoms with Crippen molar-refractivity contribution in [2.24, 2.45) is 10.9 Å². The van der Waals surface area contributed by atoms with E-state index in [0.717, 1.165) is 4.88 Å². The van der Waals surface area contributed by atoms with Crippen molar-refractivity contribution in [2.45, 2.75) is 39.0 Å². The standard InChI is InChI=1S/C12H19N3O3S2/c1-8(16)18-15-11(13)10-6-5-9(19-10)7-14-20(17)12(2,3)4/h5-6,14H,7H2,1-4H3,(H2,13,15). The second-order valence-electron chi connectivity index (χ2n) is 5.03. The van der Waals surface area contributed by atoms with Crippen molar-refractivity contribution in [3.8, 4) is 0 Å². The van der Waals surface area contributed by atoms with E-state index in [2.05, 4.69) is 14.7 Å². The minimum atomic E-state index is -1.12. The number of carbonyl (C=O) groups is 1. The fraction of sp³-hybridized carbons (Fsp3) is 0.500. The van der Waals surface area contributed by atoms with Crippen LogP contribution < -0.4 is 10.5 Å². The van der Waals surface area contributed by atoms with Crippen LogP contribution in [-0.4, -0.2) is 21.1 Å². The van der Waals surface area contributed by atoms with Gasteiger partial charge in [0.1, 0.15) is 4.75 Å². The van der Waals surface area contributed by atoms with Gasteiger partial charge in [-0.3, -0.25) is 0 Å². The van der Waals surface area contributed by atoms with E-state index < -0.39 is 17.3 Å². The van der Waals surface area contributed by atoms with Crippen molar-refractivity contribution in [1.82, 2.24) is 4.72 Å². The number of nitrogens with one attached hydrogen (secondary N) is 1. The van der Waals surface area contributed by atoms with Crippen molar-refractivity contribution < 1.29 is 14.2 Å². The number of amidine groups is 1. The van der Waals surface area contributed by atoms with Crippen LogP contribution in [0.15, 0.2) is 17.3 Å². The molecular weight excluding hydrogens is 298 g/mol. The number of nitrogens with two attached hydrogens (primary N) is 1. The Bertz CT molecular complexity index is 494. The van der Waals surface area contributed by atoms with Crippen LogP contribution in [0.1, 0.15) is 37.4 Å². The second kappa shape index (κ2) is 7.07. The molecule has 0 saturated heterocycles. The molecule has 112 valence electrons. The normalized spacial score (nSPS) is 14.2. The first-order valence-electron chi connectivity index (χ1n) is 5.95. The minimum Gasteiger partial charge on any atom is -0.598 e. The maximum absolute atomic E-state index is 11.9. The van der Waals surface area contributed by atoms with E-state index in [4.69, 9.17) is 5.73 Å². The first-order valence-corrected chi connectivity index (χ1v) is 7.92. The Morgan fingerprint density at radius 1 is 1.55 bits per heavy atom. The van der Waals surface area contributed by atoms with Gasteiger partial charge in [-0.05, 0) is 32.9 Å². The van der Waals surface area contributed by atoms with E-state index >= 15 is 0 Å². The van der Waals surface area contributed by atoms with Crippen molar-refractivity contribution in [1.29, 1.82) is 0 Å². The molecule has 3 N–H and O–H groups in total. The second-order valence-corrected chi connectivity index (χ2v) is 8.25. The van der Waals surface area contributed by atoms with Crippen LogP contribution in [0.4, 0.5) is 0 Å². The molecule has 0 amide bonds. The lowest BCUT2D eigenvalue weighted by molar-refractivity contribution is -0.140. The molecule has 0 aliphatic heterocycles. The predicted molar refractivity (Wildman–Crippen MR) is 81.5 cm³/mol. The summed E-state index contributed by atoms with van der Waals surface area (Å²) in [6, 6.07) is 3.65. The van der Waals surface area contributed by atoms with Gasteiger partial charge in [-0.1, -0.05) is 5.16 Å². The number of oxime groups is 1. The molecule has 0 aromatic carbocycles. The van der Waals surface area contributed by atoms with E-state index in [1.54, 1.807) is 6.07 Å². The number of rotatable bonds is 5.